The lowest BCUT2D eigenvalue weighted by Crippen LogP contribution is -2.12. The van der Waals surface area contributed by atoms with Gasteiger partial charge >= 0.3 is 5.97 Å². The van der Waals surface area contributed by atoms with Gasteiger partial charge in [0.15, 0.2) is 0 Å². The molecule has 3 aromatic rings. The lowest BCUT2D eigenvalue weighted by atomic mass is 9.87. The van der Waals surface area contributed by atoms with Crippen LogP contribution in [0.1, 0.15) is 41.7 Å². The van der Waals surface area contributed by atoms with Crippen molar-refractivity contribution in [3.8, 4) is 0 Å². The third-order valence-corrected chi connectivity index (χ3v) is 4.66. The molecule has 0 radical (unpaired) electrons. The zero-order valence-electron chi connectivity index (χ0n) is 13.5. The fourth-order valence-electron chi connectivity index (χ4n) is 2.30. The van der Waals surface area contributed by atoms with Gasteiger partial charge in [-0.2, -0.15) is 0 Å². The maximum absolute atomic E-state index is 12.1. The van der Waals surface area contributed by atoms with Crippen molar-refractivity contribution in [2.45, 2.75) is 32.8 Å². The lowest BCUT2D eigenvalue weighted by Gasteiger charge is -2.18. The number of aromatic nitrogens is 1. The molecule has 0 aliphatic carbocycles. The van der Waals surface area contributed by atoms with E-state index in [1.807, 2.05) is 48.5 Å². The minimum Gasteiger partial charge on any atom is -0.455 e. The smallest absolute Gasteiger partial charge is 0.338 e. The molecular weight excluding hydrogens is 306 g/mol. The highest BCUT2D eigenvalue weighted by Gasteiger charge is 2.15. The van der Waals surface area contributed by atoms with Crippen LogP contribution in [0.15, 0.2) is 48.5 Å². The Bertz CT molecular complexity index is 795. The molecule has 1 heterocycles. The van der Waals surface area contributed by atoms with Crippen LogP contribution in [0.4, 0.5) is 0 Å². The van der Waals surface area contributed by atoms with Gasteiger partial charge in [-0.3, -0.25) is 0 Å². The topological polar surface area (TPSA) is 39.2 Å². The predicted molar refractivity (Wildman–Crippen MR) is 93.9 cm³/mol. The summed E-state index contributed by atoms with van der Waals surface area (Å²) in [6, 6.07) is 15.5. The SMILES string of the molecule is CC(C)(C)c1ccc(C(=O)OCc2nc3ccccc3s2)cc1. The van der Waals surface area contributed by atoms with Crippen molar-refractivity contribution in [3.05, 3.63) is 64.7 Å². The highest BCUT2D eigenvalue weighted by molar-refractivity contribution is 7.18. The minimum atomic E-state index is -0.315. The fourth-order valence-corrected chi connectivity index (χ4v) is 3.18. The van der Waals surface area contributed by atoms with Gasteiger partial charge in [-0.05, 0) is 35.2 Å². The van der Waals surface area contributed by atoms with Gasteiger partial charge in [-0.25, -0.2) is 9.78 Å². The summed E-state index contributed by atoms with van der Waals surface area (Å²) in [4.78, 5) is 16.6. The Hall–Kier alpha value is -2.20. The Morgan fingerprint density at radius 3 is 2.43 bits per heavy atom. The lowest BCUT2D eigenvalue weighted by molar-refractivity contribution is 0.0472. The van der Waals surface area contributed by atoms with Gasteiger partial charge in [0.05, 0.1) is 15.8 Å². The number of thiazole rings is 1. The molecule has 0 aliphatic rings. The number of hydrogen-bond donors (Lipinski definition) is 0. The Balaban J connectivity index is 1.67. The number of carbonyl (C=O) groups excluding carboxylic acids is 1. The highest BCUT2D eigenvalue weighted by Crippen LogP contribution is 2.24. The van der Waals surface area contributed by atoms with Crippen LogP contribution in [-0.2, 0) is 16.8 Å². The molecule has 0 amide bonds. The van der Waals surface area contributed by atoms with Crippen LogP contribution >= 0.6 is 11.3 Å². The number of rotatable bonds is 3. The van der Waals surface area contributed by atoms with Crippen LogP contribution in [-0.4, -0.2) is 11.0 Å². The van der Waals surface area contributed by atoms with Gasteiger partial charge in [0.1, 0.15) is 11.6 Å². The number of esters is 1. The molecule has 1 aromatic heterocycles. The quantitative estimate of drug-likeness (QED) is 0.640. The zero-order valence-corrected chi connectivity index (χ0v) is 14.3. The third-order valence-electron chi connectivity index (χ3n) is 3.65. The normalized spacial score (nSPS) is 11.6. The molecule has 0 unspecified atom stereocenters. The van der Waals surface area contributed by atoms with E-state index in [-0.39, 0.29) is 18.0 Å². The second kappa shape index (κ2) is 6.13. The standard InChI is InChI=1S/C19H19NO2S/c1-19(2,3)14-10-8-13(9-11-14)18(21)22-12-17-20-15-6-4-5-7-16(15)23-17/h4-11H,12H2,1-3H3. The van der Waals surface area contributed by atoms with Crippen LogP contribution in [0.5, 0.6) is 0 Å². The number of hydrogen-bond acceptors (Lipinski definition) is 4. The van der Waals surface area contributed by atoms with E-state index in [2.05, 4.69) is 25.8 Å². The first-order valence-electron chi connectivity index (χ1n) is 7.55. The van der Waals surface area contributed by atoms with Crippen molar-refractivity contribution >= 4 is 27.5 Å². The summed E-state index contributed by atoms with van der Waals surface area (Å²) >= 11 is 1.55. The number of nitrogens with zero attached hydrogens (tertiary/aromatic N) is 1. The number of fused-ring (bicyclic) bond motifs is 1. The molecule has 0 fully saturated rings. The second-order valence-electron chi connectivity index (χ2n) is 6.48. The van der Waals surface area contributed by atoms with Crippen LogP contribution in [0, 0.1) is 0 Å². The summed E-state index contributed by atoms with van der Waals surface area (Å²) in [5.41, 5.74) is 2.78. The van der Waals surface area contributed by atoms with Crippen LogP contribution in [0.25, 0.3) is 10.2 Å². The van der Waals surface area contributed by atoms with Crippen molar-refractivity contribution in [2.75, 3.05) is 0 Å². The van der Waals surface area contributed by atoms with Crippen molar-refractivity contribution in [1.82, 2.24) is 4.98 Å². The summed E-state index contributed by atoms with van der Waals surface area (Å²) in [7, 11) is 0. The summed E-state index contributed by atoms with van der Waals surface area (Å²) in [5, 5.41) is 0.811. The predicted octanol–water partition coefficient (Wildman–Crippen LogP) is 4.95. The van der Waals surface area contributed by atoms with Gasteiger partial charge in [-0.15, -0.1) is 11.3 Å². The molecule has 4 heteroatoms. The first-order valence-corrected chi connectivity index (χ1v) is 8.37. The first-order chi connectivity index (χ1) is 10.9. The number of benzene rings is 2. The minimum absolute atomic E-state index is 0.0728. The van der Waals surface area contributed by atoms with E-state index in [1.165, 1.54) is 5.56 Å². The van der Waals surface area contributed by atoms with Crippen LogP contribution in [0.2, 0.25) is 0 Å². The van der Waals surface area contributed by atoms with E-state index in [4.69, 9.17) is 4.74 Å². The molecule has 0 saturated carbocycles. The molecule has 0 aliphatic heterocycles. The van der Waals surface area contributed by atoms with E-state index < -0.39 is 0 Å². The molecule has 0 saturated heterocycles. The molecule has 2 aromatic carbocycles. The first kappa shape index (κ1) is 15.7. The number of para-hydroxylation sites is 1. The number of ether oxygens (including phenoxy) is 1. The zero-order chi connectivity index (χ0) is 16.4. The van der Waals surface area contributed by atoms with Crippen molar-refractivity contribution in [1.29, 1.82) is 0 Å². The average Bonchev–Trinajstić information content (AvgIpc) is 2.95. The van der Waals surface area contributed by atoms with E-state index >= 15 is 0 Å². The molecule has 3 nitrogen and oxygen atoms in total. The Kier molecular flexibility index (Phi) is 4.18. The molecule has 23 heavy (non-hydrogen) atoms. The summed E-state index contributed by atoms with van der Waals surface area (Å²) in [6.07, 6.45) is 0. The van der Waals surface area contributed by atoms with Crippen molar-refractivity contribution in [3.63, 3.8) is 0 Å². The summed E-state index contributed by atoms with van der Waals surface area (Å²) < 4.78 is 6.48. The monoisotopic (exact) mass is 325 g/mol. The van der Waals surface area contributed by atoms with Crippen molar-refractivity contribution < 1.29 is 9.53 Å². The molecule has 0 N–H and O–H groups in total. The summed E-state index contributed by atoms with van der Waals surface area (Å²) in [6.45, 7) is 6.65. The molecular formula is C19H19NO2S. The average molecular weight is 325 g/mol. The maximum atomic E-state index is 12.1. The second-order valence-corrected chi connectivity index (χ2v) is 7.59. The van der Waals surface area contributed by atoms with Gasteiger partial charge in [-0.1, -0.05) is 45.0 Å². The van der Waals surface area contributed by atoms with E-state index in [1.54, 1.807) is 11.3 Å². The highest BCUT2D eigenvalue weighted by atomic mass is 32.1. The Morgan fingerprint density at radius 1 is 1.09 bits per heavy atom. The molecule has 118 valence electrons. The summed E-state index contributed by atoms with van der Waals surface area (Å²) in [5.74, 6) is -0.315. The molecule has 0 spiro atoms. The third kappa shape index (κ3) is 3.59. The fraction of sp³-hybridized carbons (Fsp3) is 0.263. The number of carbonyl (C=O) groups is 1. The van der Waals surface area contributed by atoms with Crippen LogP contribution in [0.3, 0.4) is 0 Å². The van der Waals surface area contributed by atoms with Gasteiger partial charge < -0.3 is 4.74 Å². The van der Waals surface area contributed by atoms with E-state index in [0.29, 0.717) is 5.56 Å². The van der Waals surface area contributed by atoms with Crippen LogP contribution < -0.4 is 0 Å². The van der Waals surface area contributed by atoms with Gasteiger partial charge in [0.2, 0.25) is 0 Å². The largest absolute Gasteiger partial charge is 0.455 e. The Labute approximate surface area is 139 Å². The van der Waals surface area contributed by atoms with Crippen molar-refractivity contribution in [2.24, 2.45) is 0 Å². The van der Waals surface area contributed by atoms with E-state index in [9.17, 15) is 4.79 Å². The van der Waals surface area contributed by atoms with Gasteiger partial charge in [0, 0.05) is 0 Å². The molecule has 0 bridgehead atoms. The Morgan fingerprint density at radius 2 is 1.78 bits per heavy atom. The molecule has 3 rings (SSSR count). The molecule has 0 atom stereocenters. The van der Waals surface area contributed by atoms with E-state index in [0.717, 1.165) is 15.2 Å². The maximum Gasteiger partial charge on any atom is 0.338 e. The van der Waals surface area contributed by atoms with Gasteiger partial charge in [0.25, 0.3) is 0 Å².